The lowest BCUT2D eigenvalue weighted by molar-refractivity contribution is -0.115. The second kappa shape index (κ2) is 6.99. The highest BCUT2D eigenvalue weighted by Gasteiger charge is 2.16. The number of nitrogens with zero attached hydrogens (tertiary/aromatic N) is 1. The van der Waals surface area contributed by atoms with E-state index in [1.807, 2.05) is 19.1 Å². The Hall–Kier alpha value is -2.21. The Morgan fingerprint density at radius 1 is 1.33 bits per heavy atom. The maximum Gasteiger partial charge on any atom is 0.237 e. The molecule has 3 N–H and O–H groups in total. The lowest BCUT2D eigenvalue weighted by Crippen LogP contribution is -2.22. The minimum atomic E-state index is -0.251. The number of amides is 1. The van der Waals surface area contributed by atoms with Crippen molar-refractivity contribution in [1.29, 1.82) is 0 Å². The smallest absolute Gasteiger partial charge is 0.237 e. The minimum absolute atomic E-state index is 0.110. The van der Waals surface area contributed by atoms with Gasteiger partial charge < -0.3 is 15.8 Å². The molecule has 1 amide bonds. The van der Waals surface area contributed by atoms with Crippen molar-refractivity contribution in [1.82, 2.24) is 4.98 Å². The maximum absolute atomic E-state index is 12.3. The Morgan fingerprint density at radius 2 is 2.05 bits per heavy atom. The molecule has 1 atom stereocenters. The summed E-state index contributed by atoms with van der Waals surface area (Å²) in [5.74, 6) is 0.472. The summed E-state index contributed by atoms with van der Waals surface area (Å²) in [5, 5.41) is 2.59. The first kappa shape index (κ1) is 15.2. The number of nitrogen functional groups attached to an aromatic ring is 1. The Balaban J connectivity index is 2.05. The molecule has 0 saturated carbocycles. The zero-order valence-electron chi connectivity index (χ0n) is 11.9. The number of thioether (sulfide) groups is 1. The van der Waals surface area contributed by atoms with Crippen LogP contribution in [0, 0.1) is 0 Å². The largest absolute Gasteiger partial charge is 0.495 e. The van der Waals surface area contributed by atoms with Crippen molar-refractivity contribution in [3.05, 3.63) is 42.7 Å². The zero-order valence-corrected chi connectivity index (χ0v) is 12.7. The molecule has 0 radical (unpaired) electrons. The van der Waals surface area contributed by atoms with Crippen molar-refractivity contribution >= 4 is 29.0 Å². The maximum atomic E-state index is 12.3. The first-order valence-corrected chi connectivity index (χ1v) is 7.29. The SMILES string of the molecule is COc1ccc(N)cc1NC(=O)C(C)Sc1ccncc1. The molecule has 0 spiro atoms. The van der Waals surface area contributed by atoms with Gasteiger partial charge in [0.05, 0.1) is 18.0 Å². The molecule has 0 fully saturated rings. The van der Waals surface area contributed by atoms with Crippen LogP contribution in [0.3, 0.4) is 0 Å². The number of nitrogens with two attached hydrogens (primary N) is 1. The van der Waals surface area contributed by atoms with Crippen LogP contribution >= 0.6 is 11.8 Å². The molecule has 1 heterocycles. The molecule has 1 aromatic carbocycles. The van der Waals surface area contributed by atoms with Crippen LogP contribution in [-0.4, -0.2) is 23.3 Å². The number of rotatable bonds is 5. The van der Waals surface area contributed by atoms with Crippen LogP contribution in [0.25, 0.3) is 0 Å². The molecule has 0 saturated heterocycles. The van der Waals surface area contributed by atoms with Gasteiger partial charge in [0.15, 0.2) is 0 Å². The third kappa shape index (κ3) is 4.13. The monoisotopic (exact) mass is 303 g/mol. The molecule has 1 unspecified atom stereocenters. The van der Waals surface area contributed by atoms with E-state index < -0.39 is 0 Å². The average molecular weight is 303 g/mol. The van der Waals surface area contributed by atoms with Crippen LogP contribution in [0.5, 0.6) is 5.75 Å². The normalized spacial score (nSPS) is 11.7. The molecular formula is C15H17N3O2S. The highest BCUT2D eigenvalue weighted by atomic mass is 32.2. The van der Waals surface area contributed by atoms with Gasteiger partial charge in [-0.05, 0) is 37.3 Å². The van der Waals surface area contributed by atoms with Crippen LogP contribution in [0.1, 0.15) is 6.92 Å². The summed E-state index contributed by atoms with van der Waals surface area (Å²) in [5.41, 5.74) is 6.88. The third-order valence-electron chi connectivity index (χ3n) is 2.81. The fraction of sp³-hybridized carbons (Fsp3) is 0.200. The molecule has 0 aliphatic rings. The molecule has 0 aliphatic carbocycles. The molecule has 21 heavy (non-hydrogen) atoms. The van der Waals surface area contributed by atoms with Crippen molar-refractivity contribution in [3.8, 4) is 5.75 Å². The second-order valence-electron chi connectivity index (χ2n) is 4.39. The van der Waals surface area contributed by atoms with Gasteiger partial charge in [-0.1, -0.05) is 0 Å². The summed E-state index contributed by atoms with van der Waals surface area (Å²) in [6.07, 6.45) is 3.40. The van der Waals surface area contributed by atoms with Gasteiger partial charge in [0.1, 0.15) is 5.75 Å². The average Bonchev–Trinajstić information content (AvgIpc) is 2.48. The molecule has 0 aliphatic heterocycles. The standard InChI is InChI=1S/C15H17N3O2S/c1-10(21-12-5-7-17-8-6-12)15(19)18-13-9-11(16)3-4-14(13)20-2/h3-10H,16H2,1-2H3,(H,18,19). The van der Waals surface area contributed by atoms with Gasteiger partial charge in [-0.15, -0.1) is 11.8 Å². The van der Waals surface area contributed by atoms with Crippen LogP contribution in [0.15, 0.2) is 47.6 Å². The number of nitrogens with one attached hydrogen (secondary N) is 1. The number of pyridine rings is 1. The van der Waals surface area contributed by atoms with Crippen LogP contribution in [0.2, 0.25) is 0 Å². The minimum Gasteiger partial charge on any atom is -0.495 e. The van der Waals surface area contributed by atoms with Gasteiger partial charge in [0.2, 0.25) is 5.91 Å². The highest BCUT2D eigenvalue weighted by molar-refractivity contribution is 8.00. The van der Waals surface area contributed by atoms with Crippen molar-refractivity contribution in [2.24, 2.45) is 0 Å². The summed E-state index contributed by atoms with van der Waals surface area (Å²) in [6, 6.07) is 8.88. The molecule has 110 valence electrons. The number of benzene rings is 1. The van der Waals surface area contributed by atoms with Crippen LogP contribution in [0.4, 0.5) is 11.4 Å². The predicted molar refractivity (Wildman–Crippen MR) is 85.6 cm³/mol. The summed E-state index contributed by atoms with van der Waals surface area (Å²) in [6.45, 7) is 1.85. The van der Waals surface area contributed by atoms with Crippen molar-refractivity contribution in [2.75, 3.05) is 18.2 Å². The first-order chi connectivity index (χ1) is 10.1. The summed E-state index contributed by atoms with van der Waals surface area (Å²) < 4.78 is 5.21. The fourth-order valence-electron chi connectivity index (χ4n) is 1.73. The number of ether oxygens (including phenoxy) is 1. The Kier molecular flexibility index (Phi) is 5.05. The lowest BCUT2D eigenvalue weighted by Gasteiger charge is -2.14. The number of methoxy groups -OCH3 is 1. The quantitative estimate of drug-likeness (QED) is 0.656. The van der Waals surface area contributed by atoms with Gasteiger partial charge in [0.25, 0.3) is 0 Å². The Labute approximate surface area is 127 Å². The van der Waals surface area contributed by atoms with Crippen molar-refractivity contribution in [3.63, 3.8) is 0 Å². The second-order valence-corrected chi connectivity index (χ2v) is 5.81. The van der Waals surface area contributed by atoms with E-state index in [9.17, 15) is 4.79 Å². The van der Waals surface area contributed by atoms with E-state index in [4.69, 9.17) is 10.5 Å². The molecule has 2 aromatic rings. The van der Waals surface area contributed by atoms with Crippen LogP contribution < -0.4 is 15.8 Å². The number of aromatic nitrogens is 1. The van der Waals surface area contributed by atoms with Crippen molar-refractivity contribution in [2.45, 2.75) is 17.1 Å². The predicted octanol–water partition coefficient (Wildman–Crippen LogP) is 2.79. The Bertz CT molecular complexity index is 620. The molecular weight excluding hydrogens is 286 g/mol. The summed E-state index contributed by atoms with van der Waals surface area (Å²) >= 11 is 1.46. The number of carbonyl (C=O) groups excluding carboxylic acids is 1. The molecule has 2 rings (SSSR count). The van der Waals surface area contributed by atoms with Gasteiger partial charge in [-0.25, -0.2) is 0 Å². The van der Waals surface area contributed by atoms with E-state index >= 15 is 0 Å². The number of hydrogen-bond donors (Lipinski definition) is 2. The number of hydrogen-bond acceptors (Lipinski definition) is 5. The van der Waals surface area contributed by atoms with E-state index in [0.29, 0.717) is 17.1 Å². The van der Waals surface area contributed by atoms with Gasteiger partial charge >= 0.3 is 0 Å². The molecule has 5 nitrogen and oxygen atoms in total. The molecule has 1 aromatic heterocycles. The number of anilines is 2. The fourth-order valence-corrected chi connectivity index (χ4v) is 2.59. The van der Waals surface area contributed by atoms with Crippen LogP contribution in [-0.2, 0) is 4.79 Å². The molecule has 6 heteroatoms. The summed E-state index contributed by atoms with van der Waals surface area (Å²) in [7, 11) is 1.55. The zero-order chi connectivity index (χ0) is 15.2. The van der Waals surface area contributed by atoms with E-state index in [-0.39, 0.29) is 11.2 Å². The van der Waals surface area contributed by atoms with E-state index in [2.05, 4.69) is 10.3 Å². The first-order valence-electron chi connectivity index (χ1n) is 6.41. The van der Waals surface area contributed by atoms with E-state index in [1.165, 1.54) is 11.8 Å². The van der Waals surface area contributed by atoms with E-state index in [0.717, 1.165) is 4.90 Å². The van der Waals surface area contributed by atoms with Gasteiger partial charge in [0, 0.05) is 23.0 Å². The Morgan fingerprint density at radius 3 is 2.71 bits per heavy atom. The molecule has 0 bridgehead atoms. The topological polar surface area (TPSA) is 77.2 Å². The van der Waals surface area contributed by atoms with Gasteiger partial charge in [-0.2, -0.15) is 0 Å². The summed E-state index contributed by atoms with van der Waals surface area (Å²) in [4.78, 5) is 17.2. The van der Waals surface area contributed by atoms with Gasteiger partial charge in [-0.3, -0.25) is 9.78 Å². The van der Waals surface area contributed by atoms with E-state index in [1.54, 1.807) is 37.7 Å². The van der Waals surface area contributed by atoms with Crippen molar-refractivity contribution < 1.29 is 9.53 Å². The third-order valence-corrected chi connectivity index (χ3v) is 3.93. The lowest BCUT2D eigenvalue weighted by atomic mass is 10.2. The number of carbonyl (C=O) groups is 1. The highest BCUT2D eigenvalue weighted by Crippen LogP contribution is 2.28.